The average Bonchev–Trinajstić information content (AvgIpc) is 3.03. The Labute approximate surface area is 274 Å². The van der Waals surface area contributed by atoms with E-state index in [0.29, 0.717) is 37.8 Å². The van der Waals surface area contributed by atoms with Crippen LogP contribution >= 0.6 is 0 Å². The predicted octanol–water partition coefficient (Wildman–Crippen LogP) is 3.54. The number of halogens is 2. The van der Waals surface area contributed by atoms with E-state index < -0.39 is 36.6 Å². The van der Waals surface area contributed by atoms with Crippen LogP contribution in [0.4, 0.5) is 13.6 Å². The van der Waals surface area contributed by atoms with Crippen LogP contribution < -0.4 is 21.3 Å². The number of amides is 3. The molecule has 5 heterocycles. The number of carbonyl (C=O) groups excluding carboxylic acids is 2. The molecule has 46 heavy (non-hydrogen) atoms. The summed E-state index contributed by atoms with van der Waals surface area (Å²) in [5, 5.41) is 14.5. The molecule has 0 radical (unpaired) electrons. The Morgan fingerprint density at radius 3 is 2.57 bits per heavy atom. The minimum absolute atomic E-state index is 0.0461. The molecule has 6 aliphatic rings. The molecule has 3 amide bonds. The Balaban J connectivity index is 1.36. The Kier molecular flexibility index (Phi) is 10.4. The lowest BCUT2D eigenvalue weighted by molar-refractivity contribution is -0.136. The molecule has 4 saturated heterocycles. The Morgan fingerprint density at radius 2 is 1.80 bits per heavy atom. The number of carbonyl (C=O) groups is 2. The maximum Gasteiger partial charge on any atom is 0.320 e. The van der Waals surface area contributed by atoms with Gasteiger partial charge < -0.3 is 25.8 Å². The molecule has 0 aromatic rings. The number of alkyl halides is 2. The molecule has 6 bridgehead atoms. The van der Waals surface area contributed by atoms with E-state index in [1.54, 1.807) is 0 Å². The summed E-state index contributed by atoms with van der Waals surface area (Å²) in [4.78, 5) is 33.2. The lowest BCUT2D eigenvalue weighted by Crippen LogP contribution is -2.79. The van der Waals surface area contributed by atoms with E-state index in [-0.39, 0.29) is 54.5 Å². The first-order valence-electron chi connectivity index (χ1n) is 18.0. The molecule has 5 fully saturated rings. The highest BCUT2D eigenvalue weighted by atomic mass is 19.1. The van der Waals surface area contributed by atoms with Gasteiger partial charge in [-0.2, -0.15) is 0 Å². The van der Waals surface area contributed by atoms with Gasteiger partial charge in [-0.05, 0) is 89.8 Å². The topological polar surface area (TPSA) is 92.0 Å². The molecule has 0 spiro atoms. The van der Waals surface area contributed by atoms with Crippen molar-refractivity contribution in [2.75, 3.05) is 26.2 Å². The zero-order valence-electron chi connectivity index (χ0n) is 28.2. The van der Waals surface area contributed by atoms with Crippen molar-refractivity contribution < 1.29 is 18.4 Å². The lowest BCUT2D eigenvalue weighted by Gasteiger charge is -2.59. The second-order valence-corrected chi connectivity index (χ2v) is 15.4. The second kappa shape index (κ2) is 14.2. The molecular formula is C35H57F2N7O2. The van der Waals surface area contributed by atoms with Crippen LogP contribution in [0.3, 0.4) is 0 Å². The van der Waals surface area contributed by atoms with Crippen LogP contribution in [0.1, 0.15) is 72.6 Å². The molecule has 13 atom stereocenters. The molecule has 9 nitrogen and oxygen atoms in total. The monoisotopic (exact) mass is 645 g/mol. The standard InChI is InChI=1S/C35H57F2N7O2/c1-6-30(45)42-18-22(5)43(19-21(42)4)33-26-16-28(37)32-25-15-24(11-12-27(25)36)38-13-9-7-8-10-23-14-29(31(20(2)3)39-17-23)44(34(26)40-32)35(46)41-33/h6-8,20-29,31-34,38-40H,1,9-19H2,2-5H3,(H,41,46)/b8-7+/t21-,22+,23?,24?,25?,26?,27?,28?,29?,31?,32?,33?,34?/m1/s1. The van der Waals surface area contributed by atoms with Crippen LogP contribution in [0, 0.1) is 23.7 Å². The second-order valence-electron chi connectivity index (χ2n) is 15.4. The first kappa shape index (κ1) is 33.8. The maximum absolute atomic E-state index is 16.6. The molecule has 5 aliphatic heterocycles. The largest absolute Gasteiger partial charge is 0.334 e. The first-order valence-corrected chi connectivity index (χ1v) is 18.0. The summed E-state index contributed by atoms with van der Waals surface area (Å²) in [6, 6.07) is -0.766. The fourth-order valence-corrected chi connectivity index (χ4v) is 9.69. The molecule has 11 unspecified atom stereocenters. The van der Waals surface area contributed by atoms with E-state index in [1.165, 1.54) is 6.08 Å². The molecule has 0 aromatic heterocycles. The van der Waals surface area contributed by atoms with Crippen molar-refractivity contribution in [2.24, 2.45) is 23.7 Å². The van der Waals surface area contributed by atoms with E-state index in [9.17, 15) is 9.59 Å². The lowest BCUT2D eigenvalue weighted by atomic mass is 9.73. The molecule has 0 aromatic carbocycles. The minimum atomic E-state index is -1.24. The molecule has 6 rings (SSSR count). The molecule has 258 valence electrons. The van der Waals surface area contributed by atoms with E-state index >= 15 is 8.78 Å². The third-order valence-electron chi connectivity index (χ3n) is 12.1. The van der Waals surface area contributed by atoms with Crippen LogP contribution in [-0.2, 0) is 4.79 Å². The SMILES string of the molecule is C=CC(=O)N1C[C@H](C)N(C2NC(=O)N3C4CC(C/C=C/CCNC5CCC(F)C(C5)C5NC3C2CC5F)CNC4C(C)C)C[C@H]1C. The van der Waals surface area contributed by atoms with Crippen LogP contribution in [0.2, 0.25) is 0 Å². The highest BCUT2D eigenvalue weighted by molar-refractivity contribution is 5.87. The van der Waals surface area contributed by atoms with Crippen molar-refractivity contribution in [3.8, 4) is 0 Å². The predicted molar refractivity (Wildman–Crippen MR) is 176 cm³/mol. The number of nitrogens with zero attached hydrogens (tertiary/aromatic N) is 3. The Bertz CT molecular complexity index is 1140. The molecule has 1 aliphatic carbocycles. The van der Waals surface area contributed by atoms with Crippen LogP contribution in [0.25, 0.3) is 0 Å². The van der Waals surface area contributed by atoms with Gasteiger partial charge in [-0.3, -0.25) is 15.0 Å². The number of piperidine rings is 2. The van der Waals surface area contributed by atoms with Crippen molar-refractivity contribution in [1.82, 2.24) is 36.0 Å². The number of allylic oxidation sites excluding steroid dienone is 1. The average molecular weight is 646 g/mol. The van der Waals surface area contributed by atoms with Gasteiger partial charge in [-0.15, -0.1) is 0 Å². The van der Waals surface area contributed by atoms with Gasteiger partial charge in [0.1, 0.15) is 12.3 Å². The summed E-state index contributed by atoms with van der Waals surface area (Å²) in [7, 11) is 0. The summed E-state index contributed by atoms with van der Waals surface area (Å²) in [6.07, 6.45) is 7.48. The van der Waals surface area contributed by atoms with E-state index in [2.05, 4.69) is 65.7 Å². The highest BCUT2D eigenvalue weighted by Crippen LogP contribution is 2.42. The van der Waals surface area contributed by atoms with E-state index in [4.69, 9.17) is 0 Å². The van der Waals surface area contributed by atoms with E-state index in [0.717, 1.165) is 38.8 Å². The number of hydrogen-bond donors (Lipinski definition) is 4. The maximum atomic E-state index is 16.6. The smallest absolute Gasteiger partial charge is 0.320 e. The third kappa shape index (κ3) is 6.63. The van der Waals surface area contributed by atoms with Crippen molar-refractivity contribution >= 4 is 11.9 Å². The zero-order chi connectivity index (χ0) is 32.7. The van der Waals surface area contributed by atoms with Crippen molar-refractivity contribution in [2.45, 2.75) is 134 Å². The van der Waals surface area contributed by atoms with Gasteiger partial charge in [-0.25, -0.2) is 13.6 Å². The summed E-state index contributed by atoms with van der Waals surface area (Å²) in [5.41, 5.74) is 0. The van der Waals surface area contributed by atoms with E-state index in [1.807, 2.05) is 16.7 Å². The first-order chi connectivity index (χ1) is 22.1. The third-order valence-corrected chi connectivity index (χ3v) is 12.1. The van der Waals surface area contributed by atoms with Gasteiger partial charge in [0, 0.05) is 55.1 Å². The van der Waals surface area contributed by atoms with Gasteiger partial charge in [0.15, 0.2) is 0 Å². The molecule has 1 saturated carbocycles. The van der Waals surface area contributed by atoms with Crippen molar-refractivity contribution in [3.05, 3.63) is 24.8 Å². The molecule has 4 N–H and O–H groups in total. The fourth-order valence-electron chi connectivity index (χ4n) is 9.69. The Morgan fingerprint density at radius 1 is 1.00 bits per heavy atom. The fraction of sp³-hybridized carbons (Fsp3) is 0.829. The highest BCUT2D eigenvalue weighted by Gasteiger charge is 2.56. The summed E-state index contributed by atoms with van der Waals surface area (Å²) in [5.74, 6) is -0.137. The number of piperazine rings is 1. The number of hydrogen-bond acceptors (Lipinski definition) is 6. The van der Waals surface area contributed by atoms with Gasteiger partial charge in [0.25, 0.3) is 0 Å². The normalized spacial score (nSPS) is 44.8. The number of urea groups is 1. The van der Waals surface area contributed by atoms with Gasteiger partial charge in [0.2, 0.25) is 5.91 Å². The molecule has 11 heteroatoms. The van der Waals surface area contributed by atoms with Gasteiger partial charge >= 0.3 is 6.03 Å². The number of rotatable bonds is 3. The zero-order valence-corrected chi connectivity index (χ0v) is 28.2. The minimum Gasteiger partial charge on any atom is -0.334 e. The number of fused-ring (bicyclic) bond motifs is 7. The van der Waals surface area contributed by atoms with Crippen molar-refractivity contribution in [3.63, 3.8) is 0 Å². The number of nitrogens with one attached hydrogen (secondary N) is 4. The van der Waals surface area contributed by atoms with Crippen LogP contribution in [0.15, 0.2) is 24.8 Å². The van der Waals surface area contributed by atoms with Crippen molar-refractivity contribution in [1.29, 1.82) is 0 Å². The van der Waals surface area contributed by atoms with Gasteiger partial charge in [-0.1, -0.05) is 32.6 Å². The van der Waals surface area contributed by atoms with Gasteiger partial charge in [0.05, 0.1) is 18.4 Å². The summed E-state index contributed by atoms with van der Waals surface area (Å²) >= 11 is 0. The molecular weight excluding hydrogens is 588 g/mol. The van der Waals surface area contributed by atoms with Crippen LogP contribution in [-0.4, -0.2) is 114 Å². The summed E-state index contributed by atoms with van der Waals surface area (Å²) < 4.78 is 32.3. The quantitative estimate of drug-likeness (QED) is 0.278. The van der Waals surface area contributed by atoms with Crippen LogP contribution in [0.5, 0.6) is 0 Å². The summed E-state index contributed by atoms with van der Waals surface area (Å²) in [6.45, 7) is 15.0. The Hall–Kier alpha value is -2.08.